The van der Waals surface area contributed by atoms with Crippen LogP contribution < -0.4 is 10.1 Å². The van der Waals surface area contributed by atoms with Crippen molar-refractivity contribution in [2.24, 2.45) is 0 Å². The van der Waals surface area contributed by atoms with Crippen LogP contribution in [0.3, 0.4) is 0 Å². The second-order valence-electron chi connectivity index (χ2n) is 8.02. The molecule has 0 unspecified atom stereocenters. The van der Waals surface area contributed by atoms with Crippen LogP contribution in [0.1, 0.15) is 5.56 Å². The lowest BCUT2D eigenvalue weighted by Gasteiger charge is -2.26. The molecular formula is C25H24N4O6. The van der Waals surface area contributed by atoms with Crippen molar-refractivity contribution < 1.29 is 28.9 Å². The van der Waals surface area contributed by atoms with Crippen molar-refractivity contribution in [2.75, 3.05) is 44.8 Å². The molecule has 10 nitrogen and oxygen atoms in total. The van der Waals surface area contributed by atoms with Crippen LogP contribution in [0.15, 0.2) is 66.0 Å². The number of aromatic amines is 1. The van der Waals surface area contributed by atoms with Crippen LogP contribution in [0.25, 0.3) is 17.1 Å². The highest BCUT2D eigenvalue weighted by Crippen LogP contribution is 2.32. The quantitative estimate of drug-likeness (QED) is 0.332. The number of para-hydroxylation sites is 2. The molecule has 180 valence electrons. The molecule has 3 N–H and O–H groups in total. The van der Waals surface area contributed by atoms with Gasteiger partial charge < -0.3 is 29.6 Å². The maximum Gasteiger partial charge on any atom is 0.345 e. The number of aromatic nitrogens is 2. The lowest BCUT2D eigenvalue weighted by Crippen LogP contribution is -2.38. The molecule has 0 spiro atoms. The summed E-state index contributed by atoms with van der Waals surface area (Å²) >= 11 is 0. The van der Waals surface area contributed by atoms with Crippen molar-refractivity contribution in [1.29, 1.82) is 0 Å². The number of hydrogen-bond donors (Lipinski definition) is 3. The summed E-state index contributed by atoms with van der Waals surface area (Å²) in [7, 11) is 0. The molecule has 0 radical (unpaired) electrons. The van der Waals surface area contributed by atoms with Gasteiger partial charge in [0, 0.05) is 43.0 Å². The number of carbonyl (C=O) groups is 2. The number of aliphatic carboxylic acids is 1. The number of Topliss-reactive ketones (excluding diaryl/α,β-unsaturated/α-hetero) is 1. The van der Waals surface area contributed by atoms with E-state index in [0.29, 0.717) is 42.5 Å². The van der Waals surface area contributed by atoms with E-state index in [-0.39, 0.29) is 11.6 Å². The Labute approximate surface area is 200 Å². The third-order valence-electron chi connectivity index (χ3n) is 5.78. The molecule has 1 aromatic carbocycles. The maximum absolute atomic E-state index is 12.9. The third kappa shape index (κ3) is 4.88. The van der Waals surface area contributed by atoms with E-state index in [1.807, 2.05) is 12.1 Å². The van der Waals surface area contributed by atoms with Crippen LogP contribution in [-0.2, 0) is 19.1 Å². The summed E-state index contributed by atoms with van der Waals surface area (Å²) in [6.07, 6.45) is 4.84. The zero-order valence-electron chi connectivity index (χ0n) is 18.8. The highest BCUT2D eigenvalue weighted by molar-refractivity contribution is 6.26. The maximum atomic E-state index is 12.9. The van der Waals surface area contributed by atoms with E-state index in [9.17, 15) is 14.7 Å². The summed E-state index contributed by atoms with van der Waals surface area (Å²) in [5, 5.41) is 13.4. The number of H-pyrrole nitrogens is 1. The van der Waals surface area contributed by atoms with Crippen molar-refractivity contribution in [2.45, 2.75) is 0 Å². The molecule has 2 aromatic heterocycles. The number of allylic oxidation sites excluding steroid dienone is 1. The summed E-state index contributed by atoms with van der Waals surface area (Å²) in [4.78, 5) is 34.3. The number of nitrogens with one attached hydrogen (secondary N) is 2. The van der Waals surface area contributed by atoms with Gasteiger partial charge in [-0.15, -0.1) is 0 Å². The molecule has 0 saturated carbocycles. The Kier molecular flexibility index (Phi) is 6.47. The Morgan fingerprint density at radius 1 is 1.23 bits per heavy atom. The number of anilines is 1. The number of carbonyl (C=O) groups excluding carboxylic acids is 1. The van der Waals surface area contributed by atoms with Gasteiger partial charge in [-0.3, -0.25) is 9.69 Å². The van der Waals surface area contributed by atoms with E-state index in [4.69, 9.17) is 14.2 Å². The number of ether oxygens (including phenoxy) is 3. The van der Waals surface area contributed by atoms with E-state index >= 15 is 0 Å². The molecule has 0 aliphatic carbocycles. The third-order valence-corrected chi connectivity index (χ3v) is 5.78. The molecule has 0 atom stereocenters. The summed E-state index contributed by atoms with van der Waals surface area (Å²) in [5.41, 5.74) is 1.33. The summed E-state index contributed by atoms with van der Waals surface area (Å²) in [6, 6.07) is 10.7. The fraction of sp³-hybridized carbons (Fsp3) is 0.240. The van der Waals surface area contributed by atoms with Crippen molar-refractivity contribution in [3.8, 4) is 5.75 Å². The molecule has 35 heavy (non-hydrogen) atoms. The SMILES string of the molecule is O=C(O)C1=C(Nc2ccccc2OCCN2CCOCC2)O/C(=C\c2c[nH]c3ncccc23)C1=O. The summed E-state index contributed by atoms with van der Waals surface area (Å²) in [5.74, 6) is -1.83. The van der Waals surface area contributed by atoms with Crippen molar-refractivity contribution in [1.82, 2.24) is 14.9 Å². The molecule has 0 bridgehead atoms. The molecular weight excluding hydrogens is 452 g/mol. The van der Waals surface area contributed by atoms with Crippen LogP contribution in [0.2, 0.25) is 0 Å². The summed E-state index contributed by atoms with van der Waals surface area (Å²) in [6.45, 7) is 4.32. The minimum atomic E-state index is -1.38. The Hall–Kier alpha value is -4.15. The minimum Gasteiger partial charge on any atom is -0.490 e. The van der Waals surface area contributed by atoms with Crippen molar-refractivity contribution in [3.05, 3.63) is 71.6 Å². The number of carboxylic acid groups (broad SMARTS) is 1. The number of ketones is 1. The Morgan fingerprint density at radius 3 is 2.89 bits per heavy atom. The van der Waals surface area contributed by atoms with Gasteiger partial charge in [-0.1, -0.05) is 12.1 Å². The minimum absolute atomic E-state index is 0.0969. The monoisotopic (exact) mass is 476 g/mol. The number of hydrogen-bond acceptors (Lipinski definition) is 8. The normalized spacial score (nSPS) is 17.7. The molecule has 1 saturated heterocycles. The average Bonchev–Trinajstić information content (AvgIpc) is 3.41. The fourth-order valence-electron chi connectivity index (χ4n) is 3.98. The number of benzene rings is 1. The zero-order valence-corrected chi connectivity index (χ0v) is 18.8. The van der Waals surface area contributed by atoms with Crippen molar-refractivity contribution >= 4 is 34.5 Å². The predicted octanol–water partition coefficient (Wildman–Crippen LogP) is 2.62. The molecule has 5 rings (SSSR count). The highest BCUT2D eigenvalue weighted by Gasteiger charge is 2.36. The first kappa shape index (κ1) is 22.6. The van der Waals surface area contributed by atoms with Crippen LogP contribution in [0, 0.1) is 0 Å². The van der Waals surface area contributed by atoms with E-state index in [2.05, 4.69) is 20.2 Å². The number of pyridine rings is 1. The van der Waals surface area contributed by atoms with E-state index in [1.54, 1.807) is 36.7 Å². The fourth-order valence-corrected chi connectivity index (χ4v) is 3.98. The Balaban J connectivity index is 1.34. The topological polar surface area (TPSA) is 126 Å². The molecule has 2 aliphatic heterocycles. The first-order valence-corrected chi connectivity index (χ1v) is 11.2. The first-order chi connectivity index (χ1) is 17.1. The molecule has 3 aromatic rings. The van der Waals surface area contributed by atoms with Gasteiger partial charge in [0.05, 0.1) is 18.9 Å². The van der Waals surface area contributed by atoms with Crippen LogP contribution in [-0.4, -0.2) is 71.2 Å². The lowest BCUT2D eigenvalue weighted by molar-refractivity contribution is -0.134. The van der Waals surface area contributed by atoms with E-state index in [0.717, 1.165) is 25.0 Å². The summed E-state index contributed by atoms with van der Waals surface area (Å²) < 4.78 is 17.0. The smallest absolute Gasteiger partial charge is 0.345 e. The van der Waals surface area contributed by atoms with Gasteiger partial charge >= 0.3 is 5.97 Å². The van der Waals surface area contributed by atoms with Gasteiger partial charge in [0.15, 0.2) is 11.3 Å². The second kappa shape index (κ2) is 10.00. The molecule has 10 heteroatoms. The first-order valence-electron chi connectivity index (χ1n) is 11.2. The second-order valence-corrected chi connectivity index (χ2v) is 8.02. The lowest BCUT2D eigenvalue weighted by atomic mass is 10.1. The van der Waals surface area contributed by atoms with E-state index in [1.165, 1.54) is 6.08 Å². The highest BCUT2D eigenvalue weighted by atomic mass is 16.5. The Bertz CT molecular complexity index is 1320. The predicted molar refractivity (Wildman–Crippen MR) is 128 cm³/mol. The largest absolute Gasteiger partial charge is 0.490 e. The number of rotatable bonds is 8. The van der Waals surface area contributed by atoms with Crippen LogP contribution in [0.4, 0.5) is 5.69 Å². The van der Waals surface area contributed by atoms with Gasteiger partial charge in [0.25, 0.3) is 0 Å². The van der Waals surface area contributed by atoms with Gasteiger partial charge in [-0.2, -0.15) is 0 Å². The number of morpholine rings is 1. The number of nitrogens with zero attached hydrogens (tertiary/aromatic N) is 2. The average molecular weight is 476 g/mol. The molecule has 2 aliphatic rings. The van der Waals surface area contributed by atoms with Crippen LogP contribution >= 0.6 is 0 Å². The van der Waals surface area contributed by atoms with Gasteiger partial charge in [-0.25, -0.2) is 9.78 Å². The molecule has 4 heterocycles. The number of carboxylic acids is 1. The molecule has 1 fully saturated rings. The molecule has 0 amide bonds. The van der Waals surface area contributed by atoms with E-state index < -0.39 is 17.3 Å². The number of fused-ring (bicyclic) bond motifs is 1. The standard InChI is InChI=1S/C25H24N4O6/c30-22-20(14-16-15-27-23-17(16)4-3-7-26-23)35-24(21(22)25(31)32)28-18-5-1-2-6-19(18)34-13-10-29-8-11-33-12-9-29/h1-7,14-15,28H,8-13H2,(H,26,27)(H,31,32)/b20-14-. The zero-order chi connectivity index (χ0) is 24.2. The van der Waals surface area contributed by atoms with Gasteiger partial charge in [-0.05, 0) is 30.3 Å². The Morgan fingerprint density at radius 2 is 2.06 bits per heavy atom. The van der Waals surface area contributed by atoms with Gasteiger partial charge in [0.2, 0.25) is 11.7 Å². The van der Waals surface area contributed by atoms with Gasteiger partial charge in [0.1, 0.15) is 18.0 Å². The van der Waals surface area contributed by atoms with Crippen LogP contribution in [0.5, 0.6) is 5.75 Å². The van der Waals surface area contributed by atoms with Crippen molar-refractivity contribution in [3.63, 3.8) is 0 Å².